The molecule has 1 unspecified atom stereocenters. The lowest BCUT2D eigenvalue weighted by molar-refractivity contribution is -0.115. The SMILES string of the molecule is C=CCn1c(SC(C)C(=O)Nc2ccc3c(c2)c2ccccc2n3CC)nnc1C1CC1. The standard InChI is InChI=1S/C25H27N5OS/c1-4-14-30-23(17-10-11-17)27-28-25(30)32-16(3)24(31)26-18-12-13-22-20(15-18)19-8-6-7-9-21(19)29(22)5-2/h4,6-9,12-13,15-17H,1,5,10-11,14H2,2-3H3,(H,26,31). The molecule has 1 N–H and O–H groups in total. The molecule has 6 nitrogen and oxygen atoms in total. The first kappa shape index (κ1) is 20.8. The normalized spacial score (nSPS) is 14.7. The average molecular weight is 446 g/mol. The summed E-state index contributed by atoms with van der Waals surface area (Å²) in [6, 6.07) is 14.5. The van der Waals surface area contributed by atoms with Crippen LogP contribution in [0.3, 0.4) is 0 Å². The molecule has 7 heteroatoms. The van der Waals surface area contributed by atoms with E-state index in [-0.39, 0.29) is 11.2 Å². The Balaban J connectivity index is 1.37. The van der Waals surface area contributed by atoms with Gasteiger partial charge in [-0.1, -0.05) is 36.0 Å². The van der Waals surface area contributed by atoms with Gasteiger partial charge in [-0.15, -0.1) is 16.8 Å². The van der Waals surface area contributed by atoms with E-state index in [4.69, 9.17) is 0 Å². The number of thioether (sulfide) groups is 1. The minimum Gasteiger partial charge on any atom is -0.341 e. The molecule has 0 saturated heterocycles. The molecule has 4 aromatic rings. The van der Waals surface area contributed by atoms with Crippen molar-refractivity contribution in [2.45, 2.75) is 56.1 Å². The quantitative estimate of drug-likeness (QED) is 0.284. The van der Waals surface area contributed by atoms with Gasteiger partial charge in [-0.2, -0.15) is 0 Å². The van der Waals surface area contributed by atoms with Crippen molar-refractivity contribution in [3.05, 3.63) is 60.9 Å². The third kappa shape index (κ3) is 3.71. The molecular weight excluding hydrogens is 418 g/mol. The van der Waals surface area contributed by atoms with Gasteiger partial charge in [0.25, 0.3) is 0 Å². The minimum atomic E-state index is -0.303. The van der Waals surface area contributed by atoms with Crippen molar-refractivity contribution in [1.82, 2.24) is 19.3 Å². The molecule has 1 aliphatic carbocycles. The summed E-state index contributed by atoms with van der Waals surface area (Å²) in [4.78, 5) is 13.0. The van der Waals surface area contributed by atoms with Gasteiger partial charge in [-0.25, -0.2) is 0 Å². The predicted molar refractivity (Wildman–Crippen MR) is 131 cm³/mol. The Labute approximate surface area is 191 Å². The third-order valence-electron chi connectivity index (χ3n) is 6.01. The van der Waals surface area contributed by atoms with E-state index >= 15 is 0 Å². The van der Waals surface area contributed by atoms with Gasteiger partial charge in [-0.3, -0.25) is 4.79 Å². The van der Waals surface area contributed by atoms with E-state index in [2.05, 4.69) is 74.5 Å². The zero-order valence-corrected chi connectivity index (χ0v) is 19.2. The number of nitrogens with zero attached hydrogens (tertiary/aromatic N) is 4. The van der Waals surface area contributed by atoms with Crippen LogP contribution >= 0.6 is 11.8 Å². The van der Waals surface area contributed by atoms with E-state index in [1.807, 2.05) is 19.1 Å². The topological polar surface area (TPSA) is 64.7 Å². The van der Waals surface area contributed by atoms with E-state index in [9.17, 15) is 4.79 Å². The van der Waals surface area contributed by atoms with Crippen molar-refractivity contribution in [3.63, 3.8) is 0 Å². The Kier molecular flexibility index (Phi) is 5.51. The van der Waals surface area contributed by atoms with Crippen molar-refractivity contribution in [3.8, 4) is 0 Å². The van der Waals surface area contributed by atoms with Crippen LogP contribution in [-0.2, 0) is 17.9 Å². The molecule has 1 saturated carbocycles. The van der Waals surface area contributed by atoms with Gasteiger partial charge in [0.15, 0.2) is 5.16 Å². The van der Waals surface area contributed by atoms with Crippen LogP contribution in [0.1, 0.15) is 38.4 Å². The van der Waals surface area contributed by atoms with Crippen molar-refractivity contribution < 1.29 is 4.79 Å². The van der Waals surface area contributed by atoms with Crippen LogP contribution in [0, 0.1) is 0 Å². The summed E-state index contributed by atoms with van der Waals surface area (Å²) >= 11 is 1.44. The van der Waals surface area contributed by atoms with Crippen LogP contribution in [0.15, 0.2) is 60.3 Å². The Bertz CT molecular complexity index is 1320. The molecule has 164 valence electrons. The first-order valence-electron chi connectivity index (χ1n) is 11.1. The smallest absolute Gasteiger partial charge is 0.237 e. The number of nitrogens with one attached hydrogen (secondary N) is 1. The number of rotatable bonds is 8. The number of hydrogen-bond donors (Lipinski definition) is 1. The van der Waals surface area contributed by atoms with Crippen LogP contribution in [0.5, 0.6) is 0 Å². The van der Waals surface area contributed by atoms with Crippen molar-refractivity contribution in [1.29, 1.82) is 0 Å². The van der Waals surface area contributed by atoms with Gasteiger partial charge in [-0.05, 0) is 51.0 Å². The zero-order chi connectivity index (χ0) is 22.2. The second-order valence-electron chi connectivity index (χ2n) is 8.26. The molecule has 2 aromatic heterocycles. The number of benzene rings is 2. The maximum absolute atomic E-state index is 13.0. The number of aryl methyl sites for hydroxylation is 1. The molecule has 5 rings (SSSR count). The molecule has 1 fully saturated rings. The van der Waals surface area contributed by atoms with Gasteiger partial charge in [0.05, 0.1) is 5.25 Å². The molecule has 1 amide bonds. The van der Waals surface area contributed by atoms with Crippen LogP contribution in [-0.4, -0.2) is 30.5 Å². The van der Waals surface area contributed by atoms with Gasteiger partial charge in [0.1, 0.15) is 5.82 Å². The number of hydrogen-bond acceptors (Lipinski definition) is 4. The van der Waals surface area contributed by atoms with E-state index < -0.39 is 0 Å². The predicted octanol–water partition coefficient (Wildman–Crippen LogP) is 5.59. The number of amides is 1. The fourth-order valence-electron chi connectivity index (χ4n) is 4.26. The summed E-state index contributed by atoms with van der Waals surface area (Å²) in [5, 5.41) is 14.7. The molecular formula is C25H27N5OS. The first-order valence-corrected chi connectivity index (χ1v) is 12.0. The highest BCUT2D eigenvalue weighted by Gasteiger charge is 2.31. The molecule has 0 spiro atoms. The molecule has 2 aromatic carbocycles. The van der Waals surface area contributed by atoms with Crippen LogP contribution in [0.25, 0.3) is 21.8 Å². The zero-order valence-electron chi connectivity index (χ0n) is 18.4. The second-order valence-corrected chi connectivity index (χ2v) is 9.56. The van der Waals surface area contributed by atoms with Crippen LogP contribution in [0.2, 0.25) is 0 Å². The highest BCUT2D eigenvalue weighted by molar-refractivity contribution is 8.00. The summed E-state index contributed by atoms with van der Waals surface area (Å²) in [7, 11) is 0. The monoisotopic (exact) mass is 445 g/mol. The fraction of sp³-hybridized carbons (Fsp3) is 0.320. The van der Waals surface area contributed by atoms with Crippen molar-refractivity contribution >= 4 is 45.2 Å². The second kappa shape index (κ2) is 8.47. The number of carbonyl (C=O) groups excluding carboxylic acids is 1. The lowest BCUT2D eigenvalue weighted by Crippen LogP contribution is -2.23. The number of carbonyl (C=O) groups is 1. The summed E-state index contributed by atoms with van der Waals surface area (Å²) in [6.45, 7) is 9.48. The van der Waals surface area contributed by atoms with Gasteiger partial charge < -0.3 is 14.5 Å². The molecule has 0 bridgehead atoms. The maximum atomic E-state index is 13.0. The summed E-state index contributed by atoms with van der Waals surface area (Å²) in [6.07, 6.45) is 4.17. The molecule has 0 radical (unpaired) electrons. The molecule has 1 aliphatic rings. The lowest BCUT2D eigenvalue weighted by Gasteiger charge is -2.13. The molecule has 2 heterocycles. The summed E-state index contributed by atoms with van der Waals surface area (Å²) in [5.74, 6) is 1.46. The number of aromatic nitrogens is 4. The highest BCUT2D eigenvalue weighted by Crippen LogP contribution is 2.40. The van der Waals surface area contributed by atoms with Gasteiger partial charge in [0.2, 0.25) is 5.91 Å². The van der Waals surface area contributed by atoms with Crippen LogP contribution < -0.4 is 5.32 Å². The van der Waals surface area contributed by atoms with Crippen molar-refractivity contribution in [2.24, 2.45) is 0 Å². The van der Waals surface area contributed by atoms with Crippen molar-refractivity contribution in [2.75, 3.05) is 5.32 Å². The number of allylic oxidation sites excluding steroid dienone is 1. The number of anilines is 1. The molecule has 0 aliphatic heterocycles. The summed E-state index contributed by atoms with van der Waals surface area (Å²) < 4.78 is 4.39. The Morgan fingerprint density at radius 1 is 1.19 bits per heavy atom. The molecule has 1 atom stereocenters. The van der Waals surface area contributed by atoms with Gasteiger partial charge in [0, 0.05) is 46.5 Å². The Hall–Kier alpha value is -3.06. The van der Waals surface area contributed by atoms with Gasteiger partial charge >= 0.3 is 0 Å². The summed E-state index contributed by atoms with van der Waals surface area (Å²) in [5.41, 5.74) is 3.20. The van der Waals surface area contributed by atoms with Crippen LogP contribution in [0.4, 0.5) is 5.69 Å². The van der Waals surface area contributed by atoms with E-state index in [1.54, 1.807) is 0 Å². The first-order chi connectivity index (χ1) is 15.6. The molecule has 32 heavy (non-hydrogen) atoms. The van der Waals surface area contributed by atoms with E-state index in [1.165, 1.54) is 28.2 Å². The number of para-hydroxylation sites is 1. The lowest BCUT2D eigenvalue weighted by atomic mass is 10.1. The minimum absolute atomic E-state index is 0.0466. The highest BCUT2D eigenvalue weighted by atomic mass is 32.2. The van der Waals surface area contributed by atoms with E-state index in [0.29, 0.717) is 12.5 Å². The third-order valence-corrected chi connectivity index (χ3v) is 7.09. The average Bonchev–Trinajstić information content (AvgIpc) is 3.50. The largest absolute Gasteiger partial charge is 0.341 e. The Morgan fingerprint density at radius 2 is 1.97 bits per heavy atom. The number of fused-ring (bicyclic) bond motifs is 3. The fourth-order valence-corrected chi connectivity index (χ4v) is 5.12. The van der Waals surface area contributed by atoms with E-state index in [0.717, 1.165) is 41.4 Å². The maximum Gasteiger partial charge on any atom is 0.237 e. The Morgan fingerprint density at radius 3 is 2.72 bits per heavy atom.